The lowest BCUT2D eigenvalue weighted by Crippen LogP contribution is -2.50. The van der Waals surface area contributed by atoms with E-state index in [2.05, 4.69) is 15.2 Å². The quantitative estimate of drug-likeness (QED) is 0.783. The van der Waals surface area contributed by atoms with Crippen molar-refractivity contribution in [3.05, 3.63) is 24.3 Å². The van der Waals surface area contributed by atoms with Gasteiger partial charge in [-0.2, -0.15) is 0 Å². The van der Waals surface area contributed by atoms with Gasteiger partial charge in [0, 0.05) is 13.1 Å². The molecular formula is C12H13N5O2. The van der Waals surface area contributed by atoms with Crippen molar-refractivity contribution in [2.45, 2.75) is 12.0 Å². The van der Waals surface area contributed by atoms with Crippen molar-refractivity contribution < 1.29 is 9.90 Å². The number of hydrogen-bond acceptors (Lipinski definition) is 6. The van der Waals surface area contributed by atoms with Crippen LogP contribution in [0.5, 0.6) is 0 Å². The Balaban J connectivity index is 1.92. The Morgan fingerprint density at radius 2 is 2.05 bits per heavy atom. The highest BCUT2D eigenvalue weighted by atomic mass is 16.4. The number of aromatic nitrogens is 3. The van der Waals surface area contributed by atoms with Crippen molar-refractivity contribution in [2.75, 3.05) is 18.0 Å². The second-order valence-corrected chi connectivity index (χ2v) is 4.73. The lowest BCUT2D eigenvalue weighted by atomic mass is 10.0. The summed E-state index contributed by atoms with van der Waals surface area (Å²) in [5, 5.41) is 17.2. The van der Waals surface area contributed by atoms with Crippen LogP contribution in [0.3, 0.4) is 0 Å². The van der Waals surface area contributed by atoms with Gasteiger partial charge in [-0.25, -0.2) is 4.98 Å². The minimum Gasteiger partial charge on any atom is -0.480 e. The third-order valence-corrected chi connectivity index (χ3v) is 3.36. The number of para-hydroxylation sites is 1. The van der Waals surface area contributed by atoms with Gasteiger partial charge in [0.25, 0.3) is 0 Å². The monoisotopic (exact) mass is 259 g/mol. The molecule has 1 atom stereocenters. The van der Waals surface area contributed by atoms with Gasteiger partial charge >= 0.3 is 5.97 Å². The van der Waals surface area contributed by atoms with Crippen molar-refractivity contribution in [1.29, 1.82) is 0 Å². The molecule has 1 unspecified atom stereocenters. The van der Waals surface area contributed by atoms with E-state index < -0.39 is 11.5 Å². The van der Waals surface area contributed by atoms with Gasteiger partial charge in [0.15, 0.2) is 0 Å². The van der Waals surface area contributed by atoms with Crippen LogP contribution in [0.2, 0.25) is 0 Å². The predicted octanol–water partition coefficient (Wildman–Crippen LogP) is 0.0170. The van der Waals surface area contributed by atoms with E-state index in [-0.39, 0.29) is 6.54 Å². The number of aliphatic carboxylic acids is 1. The van der Waals surface area contributed by atoms with E-state index in [4.69, 9.17) is 10.8 Å². The van der Waals surface area contributed by atoms with E-state index in [0.717, 1.165) is 5.52 Å². The number of carboxylic acid groups (broad SMARTS) is 1. The molecule has 2 aromatic rings. The molecule has 0 saturated carbocycles. The summed E-state index contributed by atoms with van der Waals surface area (Å²) in [4.78, 5) is 17.2. The van der Waals surface area contributed by atoms with Gasteiger partial charge in [0.05, 0.1) is 5.52 Å². The molecule has 3 rings (SSSR count). The van der Waals surface area contributed by atoms with Gasteiger partial charge in [-0.05, 0) is 18.6 Å². The summed E-state index contributed by atoms with van der Waals surface area (Å²) in [5.74, 6) is -0.573. The van der Waals surface area contributed by atoms with Crippen molar-refractivity contribution >= 4 is 23.0 Å². The molecule has 1 aromatic carbocycles. The molecule has 7 nitrogen and oxygen atoms in total. The third kappa shape index (κ3) is 1.97. The summed E-state index contributed by atoms with van der Waals surface area (Å²) in [6, 6.07) is 7.41. The zero-order valence-electron chi connectivity index (χ0n) is 10.2. The third-order valence-electron chi connectivity index (χ3n) is 3.36. The molecule has 0 bridgehead atoms. The van der Waals surface area contributed by atoms with E-state index >= 15 is 0 Å². The maximum absolute atomic E-state index is 11.1. The SMILES string of the molecule is NC1(C(=O)O)CCN(c2nnc3ccccc3n2)C1. The molecule has 0 radical (unpaired) electrons. The normalized spacial score (nSPS) is 22.9. The largest absolute Gasteiger partial charge is 0.480 e. The number of carbonyl (C=O) groups is 1. The topological polar surface area (TPSA) is 105 Å². The van der Waals surface area contributed by atoms with Crippen LogP contribution in [0.15, 0.2) is 24.3 Å². The van der Waals surface area contributed by atoms with Gasteiger partial charge in [0.2, 0.25) is 5.95 Å². The van der Waals surface area contributed by atoms with Crippen molar-refractivity contribution in [2.24, 2.45) is 5.73 Å². The average molecular weight is 259 g/mol. The smallest absolute Gasteiger partial charge is 0.325 e. The summed E-state index contributed by atoms with van der Waals surface area (Å²) in [7, 11) is 0. The van der Waals surface area contributed by atoms with Crippen LogP contribution in [0, 0.1) is 0 Å². The average Bonchev–Trinajstić information content (AvgIpc) is 2.82. The molecule has 19 heavy (non-hydrogen) atoms. The first-order valence-corrected chi connectivity index (χ1v) is 5.95. The molecule has 1 aliphatic heterocycles. The number of rotatable bonds is 2. The van der Waals surface area contributed by atoms with E-state index in [0.29, 0.717) is 24.4 Å². The molecule has 0 amide bonds. The summed E-state index contributed by atoms with van der Waals surface area (Å²) in [6.07, 6.45) is 0.374. The minimum atomic E-state index is -1.23. The van der Waals surface area contributed by atoms with Gasteiger partial charge in [0.1, 0.15) is 11.1 Å². The number of benzene rings is 1. The van der Waals surface area contributed by atoms with E-state index in [9.17, 15) is 4.79 Å². The van der Waals surface area contributed by atoms with Crippen molar-refractivity contribution in [3.63, 3.8) is 0 Å². The first kappa shape index (κ1) is 11.8. The molecule has 1 fully saturated rings. The predicted molar refractivity (Wildman–Crippen MR) is 68.7 cm³/mol. The molecule has 2 heterocycles. The van der Waals surface area contributed by atoms with Crippen molar-refractivity contribution in [3.8, 4) is 0 Å². The Bertz CT molecular complexity index is 647. The second kappa shape index (κ2) is 4.13. The first-order valence-electron chi connectivity index (χ1n) is 5.95. The molecule has 1 aliphatic rings. The highest BCUT2D eigenvalue weighted by Crippen LogP contribution is 2.23. The zero-order valence-corrected chi connectivity index (χ0v) is 10.2. The fourth-order valence-electron chi connectivity index (χ4n) is 2.18. The maximum Gasteiger partial charge on any atom is 0.325 e. The van der Waals surface area contributed by atoms with Crippen LogP contribution < -0.4 is 10.6 Å². The molecule has 1 aromatic heterocycles. The molecular weight excluding hydrogens is 246 g/mol. The zero-order chi connectivity index (χ0) is 13.5. The Morgan fingerprint density at radius 3 is 2.74 bits per heavy atom. The molecule has 3 N–H and O–H groups in total. The fraction of sp³-hybridized carbons (Fsp3) is 0.333. The Morgan fingerprint density at radius 1 is 1.32 bits per heavy atom. The van der Waals surface area contributed by atoms with Gasteiger partial charge in [-0.1, -0.05) is 12.1 Å². The molecule has 0 spiro atoms. The Kier molecular flexibility index (Phi) is 2.56. The number of nitrogens with two attached hydrogens (primary N) is 1. The van der Waals surface area contributed by atoms with Gasteiger partial charge in [-0.3, -0.25) is 4.79 Å². The number of hydrogen-bond donors (Lipinski definition) is 2. The van der Waals surface area contributed by atoms with E-state index in [1.807, 2.05) is 24.3 Å². The lowest BCUT2D eigenvalue weighted by Gasteiger charge is -2.19. The molecule has 98 valence electrons. The van der Waals surface area contributed by atoms with Crippen LogP contribution in [0.4, 0.5) is 5.95 Å². The number of nitrogens with zero attached hydrogens (tertiary/aromatic N) is 4. The molecule has 0 aliphatic carbocycles. The molecule has 7 heteroatoms. The van der Waals surface area contributed by atoms with E-state index in [1.54, 1.807) is 4.90 Å². The second-order valence-electron chi connectivity index (χ2n) is 4.73. The number of carboxylic acids is 1. The summed E-state index contributed by atoms with van der Waals surface area (Å²) >= 11 is 0. The summed E-state index contributed by atoms with van der Waals surface area (Å²) in [5.41, 5.74) is 6.04. The van der Waals surface area contributed by atoms with Crippen LogP contribution in [0.1, 0.15) is 6.42 Å². The number of fused-ring (bicyclic) bond motifs is 1. The maximum atomic E-state index is 11.1. The minimum absolute atomic E-state index is 0.197. The Hall–Kier alpha value is -2.28. The molecule has 1 saturated heterocycles. The van der Waals surface area contributed by atoms with Gasteiger partial charge < -0.3 is 15.7 Å². The van der Waals surface area contributed by atoms with Crippen molar-refractivity contribution in [1.82, 2.24) is 15.2 Å². The number of anilines is 1. The highest BCUT2D eigenvalue weighted by Gasteiger charge is 2.42. The standard InChI is InChI=1S/C12H13N5O2/c13-12(10(18)19)5-6-17(7-12)11-14-8-3-1-2-4-9(8)15-16-11/h1-4H,5-7,13H2,(H,18,19). The lowest BCUT2D eigenvalue weighted by molar-refractivity contribution is -0.142. The van der Waals surface area contributed by atoms with Crippen LogP contribution in [-0.2, 0) is 4.79 Å². The fourth-order valence-corrected chi connectivity index (χ4v) is 2.18. The highest BCUT2D eigenvalue weighted by molar-refractivity contribution is 5.80. The summed E-state index contributed by atoms with van der Waals surface area (Å²) in [6.45, 7) is 0.713. The van der Waals surface area contributed by atoms with Gasteiger partial charge in [-0.15, -0.1) is 10.2 Å². The van der Waals surface area contributed by atoms with Crippen LogP contribution in [0.25, 0.3) is 11.0 Å². The van der Waals surface area contributed by atoms with Crippen LogP contribution in [-0.4, -0.2) is 44.9 Å². The first-order chi connectivity index (χ1) is 9.08. The van der Waals surface area contributed by atoms with E-state index in [1.165, 1.54) is 0 Å². The summed E-state index contributed by atoms with van der Waals surface area (Å²) < 4.78 is 0. The Labute approximate surface area is 109 Å². The van der Waals surface area contributed by atoms with Crippen LogP contribution >= 0.6 is 0 Å².